The predicted molar refractivity (Wildman–Crippen MR) is 173 cm³/mol. The number of carbonyl (C=O) groups is 2. The van der Waals surface area contributed by atoms with Gasteiger partial charge in [0.05, 0.1) is 17.0 Å². The molecular formula is C33H38BrF2N3O6S. The zero-order chi connectivity index (χ0) is 33.3. The molecule has 1 heterocycles. The molecule has 2 N–H and O–H groups in total. The number of fused-ring (bicyclic) bond motifs is 1. The minimum Gasteiger partial charge on any atom is -0.490 e. The minimum atomic E-state index is -4.61. The molecule has 3 aromatic carbocycles. The zero-order valence-corrected chi connectivity index (χ0v) is 28.3. The van der Waals surface area contributed by atoms with Crippen molar-refractivity contribution in [1.29, 1.82) is 0 Å². The summed E-state index contributed by atoms with van der Waals surface area (Å²) in [7, 11) is -4.61. The number of hydrogen-bond acceptors (Lipinski definition) is 6. The van der Waals surface area contributed by atoms with E-state index in [0.29, 0.717) is 15.6 Å². The van der Waals surface area contributed by atoms with Crippen molar-refractivity contribution in [3.8, 4) is 5.75 Å². The van der Waals surface area contributed by atoms with Gasteiger partial charge in [0.25, 0.3) is 5.92 Å². The van der Waals surface area contributed by atoms with Gasteiger partial charge in [-0.1, -0.05) is 40.2 Å². The SMILES string of the molecule is CC(C)(C)OC(=O)N[C@@H]1CCN(C(=O)C(NS(=O)(=O)c2ccc3cc(OC4CCCC4)ccc3c2)C(F)(F)c2ccc(Br)cc2)C1. The summed E-state index contributed by atoms with van der Waals surface area (Å²) >= 11 is 3.22. The second-order valence-electron chi connectivity index (χ2n) is 12.8. The lowest BCUT2D eigenvalue weighted by atomic mass is 10.0. The Balaban J connectivity index is 1.39. The first-order chi connectivity index (χ1) is 21.6. The number of nitrogens with one attached hydrogen (secondary N) is 2. The molecular weight excluding hydrogens is 684 g/mol. The van der Waals surface area contributed by atoms with Crippen molar-refractivity contribution < 1.29 is 36.3 Å². The van der Waals surface area contributed by atoms with Gasteiger partial charge in [0.2, 0.25) is 15.9 Å². The lowest BCUT2D eigenvalue weighted by molar-refractivity contribution is -0.143. The molecule has 1 saturated heterocycles. The Hall–Kier alpha value is -3.29. The number of likely N-dealkylation sites (tertiary alicyclic amines) is 1. The van der Waals surface area contributed by atoms with Gasteiger partial charge in [-0.3, -0.25) is 4.79 Å². The van der Waals surface area contributed by atoms with Crippen LogP contribution in [0.3, 0.4) is 0 Å². The zero-order valence-electron chi connectivity index (χ0n) is 25.9. The van der Waals surface area contributed by atoms with Gasteiger partial charge in [-0.2, -0.15) is 13.5 Å². The maximum absolute atomic E-state index is 16.2. The van der Waals surface area contributed by atoms with Crippen LogP contribution in [0.5, 0.6) is 5.75 Å². The molecule has 0 aromatic heterocycles. The quantitative estimate of drug-likeness (QED) is 0.261. The van der Waals surface area contributed by atoms with Gasteiger partial charge in [-0.15, -0.1) is 0 Å². The summed E-state index contributed by atoms with van der Waals surface area (Å²) < 4.78 is 73.5. The fraction of sp³-hybridized carbons (Fsp3) is 0.455. The van der Waals surface area contributed by atoms with Crippen molar-refractivity contribution in [3.63, 3.8) is 0 Å². The van der Waals surface area contributed by atoms with Crippen molar-refractivity contribution in [1.82, 2.24) is 14.9 Å². The van der Waals surface area contributed by atoms with Crippen molar-refractivity contribution in [2.75, 3.05) is 13.1 Å². The molecule has 2 fully saturated rings. The molecule has 1 aliphatic heterocycles. The number of rotatable bonds is 9. The molecule has 1 saturated carbocycles. The van der Waals surface area contributed by atoms with Crippen LogP contribution in [0.25, 0.3) is 10.8 Å². The molecule has 1 aliphatic carbocycles. The highest BCUT2D eigenvalue weighted by molar-refractivity contribution is 9.10. The molecule has 13 heteroatoms. The average molecular weight is 723 g/mol. The Morgan fingerprint density at radius 3 is 2.28 bits per heavy atom. The molecule has 3 aromatic rings. The van der Waals surface area contributed by atoms with Crippen LogP contribution in [0.2, 0.25) is 0 Å². The average Bonchev–Trinajstić information content (AvgIpc) is 3.67. The van der Waals surface area contributed by atoms with Crippen molar-refractivity contribution >= 4 is 48.7 Å². The van der Waals surface area contributed by atoms with Crippen LogP contribution in [0.4, 0.5) is 13.6 Å². The second kappa shape index (κ2) is 13.4. The molecule has 9 nitrogen and oxygen atoms in total. The molecule has 2 atom stereocenters. The van der Waals surface area contributed by atoms with E-state index in [9.17, 15) is 18.0 Å². The summed E-state index contributed by atoms with van der Waals surface area (Å²) in [5.41, 5.74) is -1.28. The fourth-order valence-corrected chi connectivity index (χ4v) is 7.21. The van der Waals surface area contributed by atoms with Crippen LogP contribution in [-0.4, -0.2) is 62.2 Å². The number of ether oxygens (including phenoxy) is 2. The topological polar surface area (TPSA) is 114 Å². The molecule has 0 bridgehead atoms. The number of nitrogens with zero attached hydrogens (tertiary/aromatic N) is 1. The van der Waals surface area contributed by atoms with Crippen LogP contribution in [-0.2, 0) is 25.5 Å². The van der Waals surface area contributed by atoms with Gasteiger partial charge in [0.15, 0.2) is 6.04 Å². The van der Waals surface area contributed by atoms with E-state index in [0.717, 1.165) is 48.1 Å². The summed E-state index contributed by atoms with van der Waals surface area (Å²) in [6.45, 7) is 5.06. The molecule has 2 amide bonds. The third kappa shape index (κ3) is 8.16. The van der Waals surface area contributed by atoms with Gasteiger partial charge in [0, 0.05) is 23.1 Å². The molecule has 46 heavy (non-hydrogen) atoms. The van der Waals surface area contributed by atoms with E-state index in [1.54, 1.807) is 39.0 Å². The Labute approximate surface area is 276 Å². The van der Waals surface area contributed by atoms with Crippen molar-refractivity contribution in [2.24, 2.45) is 0 Å². The summed E-state index contributed by atoms with van der Waals surface area (Å²) in [4.78, 5) is 26.9. The monoisotopic (exact) mass is 721 g/mol. The Kier molecular flexibility index (Phi) is 9.95. The van der Waals surface area contributed by atoms with Crippen molar-refractivity contribution in [2.45, 2.75) is 87.5 Å². The number of hydrogen-bond donors (Lipinski definition) is 2. The lowest BCUT2D eigenvalue weighted by Gasteiger charge is -2.30. The summed E-state index contributed by atoms with van der Waals surface area (Å²) in [5.74, 6) is -4.36. The van der Waals surface area contributed by atoms with Crippen LogP contribution in [0.15, 0.2) is 70.0 Å². The Bertz CT molecular complexity index is 1690. The molecule has 0 radical (unpaired) electrons. The largest absolute Gasteiger partial charge is 0.490 e. The van der Waals surface area contributed by atoms with Crippen LogP contribution in [0, 0.1) is 0 Å². The van der Waals surface area contributed by atoms with Gasteiger partial charge in [-0.25, -0.2) is 13.2 Å². The van der Waals surface area contributed by atoms with Crippen LogP contribution >= 0.6 is 15.9 Å². The Morgan fingerprint density at radius 1 is 0.957 bits per heavy atom. The van der Waals surface area contributed by atoms with E-state index in [2.05, 4.69) is 21.2 Å². The summed E-state index contributed by atoms with van der Waals surface area (Å²) in [5, 5.41) is 3.95. The fourth-order valence-electron chi connectivity index (χ4n) is 5.72. The van der Waals surface area contributed by atoms with E-state index in [1.165, 1.54) is 24.3 Å². The third-order valence-electron chi connectivity index (χ3n) is 8.03. The van der Waals surface area contributed by atoms with E-state index >= 15 is 8.78 Å². The van der Waals surface area contributed by atoms with Crippen molar-refractivity contribution in [3.05, 3.63) is 70.7 Å². The number of halogens is 3. The van der Waals surface area contributed by atoms with Gasteiger partial charge in [0.1, 0.15) is 11.4 Å². The second-order valence-corrected chi connectivity index (χ2v) is 15.4. The van der Waals surface area contributed by atoms with E-state index < -0.39 is 51.2 Å². The summed E-state index contributed by atoms with van der Waals surface area (Å²) in [6, 6.07) is 11.6. The first-order valence-corrected chi connectivity index (χ1v) is 17.5. The summed E-state index contributed by atoms with van der Waals surface area (Å²) in [6.07, 6.45) is 3.97. The molecule has 0 spiro atoms. The minimum absolute atomic E-state index is 0.0369. The van der Waals surface area contributed by atoms with Gasteiger partial charge < -0.3 is 19.7 Å². The number of carbonyl (C=O) groups excluding carboxylic acids is 2. The van der Waals surface area contributed by atoms with E-state index in [-0.39, 0.29) is 30.5 Å². The number of amides is 2. The first kappa shape index (κ1) is 34.1. The number of alkyl carbamates (subject to hydrolysis) is 1. The number of sulfonamides is 1. The van der Waals surface area contributed by atoms with E-state index in [4.69, 9.17) is 9.47 Å². The highest BCUT2D eigenvalue weighted by atomic mass is 79.9. The third-order valence-corrected chi connectivity index (χ3v) is 9.98. The highest BCUT2D eigenvalue weighted by Gasteiger charge is 2.50. The van der Waals surface area contributed by atoms with E-state index in [1.807, 2.05) is 10.8 Å². The van der Waals surface area contributed by atoms with Gasteiger partial charge >= 0.3 is 6.09 Å². The number of benzene rings is 3. The molecule has 2 aliphatic rings. The molecule has 1 unspecified atom stereocenters. The lowest BCUT2D eigenvalue weighted by Crippen LogP contribution is -2.56. The number of alkyl halides is 2. The Morgan fingerprint density at radius 2 is 1.61 bits per heavy atom. The van der Waals surface area contributed by atoms with Crippen LogP contribution in [0.1, 0.15) is 58.4 Å². The van der Waals surface area contributed by atoms with Crippen LogP contribution < -0.4 is 14.8 Å². The van der Waals surface area contributed by atoms with Gasteiger partial charge in [-0.05, 0) is 100 Å². The molecule has 248 valence electrons. The smallest absolute Gasteiger partial charge is 0.407 e. The maximum Gasteiger partial charge on any atom is 0.407 e. The first-order valence-electron chi connectivity index (χ1n) is 15.3. The molecule has 5 rings (SSSR count). The highest BCUT2D eigenvalue weighted by Crippen LogP contribution is 2.35. The maximum atomic E-state index is 16.2. The normalized spacial score (nSPS) is 18.5. The predicted octanol–water partition coefficient (Wildman–Crippen LogP) is 6.49. The standard InChI is InChI=1S/C33H38BrF2N3O6S/c1-32(2,3)45-31(41)37-25-16-17-39(20-25)30(40)29(33(35,36)23-10-12-24(34)13-11-23)38-46(42,43)28-15-9-21-18-27(14-8-22(21)19-28)44-26-6-4-5-7-26/h8-15,18-19,25-26,29,38H,4-7,16-17,20H2,1-3H3,(H,37,41)/t25-,29?/m1/s1.